The van der Waals surface area contributed by atoms with Crippen LogP contribution in [-0.2, 0) is 11.4 Å². The first-order chi connectivity index (χ1) is 15.7. The Morgan fingerprint density at radius 3 is 2.31 bits per heavy atom. The second-order valence-electron chi connectivity index (χ2n) is 7.03. The second kappa shape index (κ2) is 10.1. The summed E-state index contributed by atoms with van der Waals surface area (Å²) in [5, 5.41) is 9.56. The fourth-order valence-corrected chi connectivity index (χ4v) is 3.02. The monoisotopic (exact) mass is 426 g/mol. The zero-order valence-corrected chi connectivity index (χ0v) is 17.3. The van der Waals surface area contributed by atoms with E-state index in [-0.39, 0.29) is 18.4 Å². The van der Waals surface area contributed by atoms with Crippen LogP contribution in [0.25, 0.3) is 5.69 Å². The highest BCUT2D eigenvalue weighted by Crippen LogP contribution is 2.13. The maximum absolute atomic E-state index is 12.3. The van der Waals surface area contributed by atoms with Gasteiger partial charge >= 0.3 is 0 Å². The lowest BCUT2D eigenvalue weighted by molar-refractivity contribution is -0.115. The number of amides is 2. The summed E-state index contributed by atoms with van der Waals surface area (Å²) in [6, 6.07) is 25.7. The largest absolute Gasteiger partial charge is 0.489 e. The van der Waals surface area contributed by atoms with E-state index in [1.807, 2.05) is 66.9 Å². The summed E-state index contributed by atoms with van der Waals surface area (Å²) in [6.07, 6.45) is 3.54. The molecule has 160 valence electrons. The lowest BCUT2D eigenvalue weighted by Gasteiger charge is -2.09. The SMILES string of the molecule is O=C(CNC(=O)c1ccc(COc2ccccc2)cc1)Nc1ccc(-n2cccn2)cc1. The van der Waals surface area contributed by atoms with Crippen LogP contribution in [-0.4, -0.2) is 28.1 Å². The number of nitrogens with zero attached hydrogens (tertiary/aromatic N) is 2. The maximum Gasteiger partial charge on any atom is 0.251 e. The Kier molecular flexibility index (Phi) is 6.57. The molecule has 4 rings (SSSR count). The predicted octanol–water partition coefficient (Wildman–Crippen LogP) is 3.82. The number of hydrogen-bond acceptors (Lipinski definition) is 4. The van der Waals surface area contributed by atoms with Crippen LogP contribution in [0.2, 0.25) is 0 Å². The number of para-hydroxylation sites is 1. The van der Waals surface area contributed by atoms with Crippen molar-refractivity contribution in [2.24, 2.45) is 0 Å². The van der Waals surface area contributed by atoms with Gasteiger partial charge in [-0.1, -0.05) is 30.3 Å². The lowest BCUT2D eigenvalue weighted by atomic mass is 10.1. The van der Waals surface area contributed by atoms with Gasteiger partial charge in [-0.2, -0.15) is 5.10 Å². The van der Waals surface area contributed by atoms with E-state index in [1.54, 1.807) is 35.1 Å². The summed E-state index contributed by atoms with van der Waals surface area (Å²) in [5.41, 5.74) is 2.95. The van der Waals surface area contributed by atoms with Crippen molar-refractivity contribution in [2.75, 3.05) is 11.9 Å². The minimum Gasteiger partial charge on any atom is -0.489 e. The van der Waals surface area contributed by atoms with Gasteiger partial charge in [-0.15, -0.1) is 0 Å². The quantitative estimate of drug-likeness (QED) is 0.449. The first kappa shape index (κ1) is 20.9. The molecule has 0 saturated heterocycles. The number of ether oxygens (including phenoxy) is 1. The number of anilines is 1. The zero-order chi connectivity index (χ0) is 22.2. The number of aromatic nitrogens is 2. The number of benzene rings is 3. The van der Waals surface area contributed by atoms with Crippen LogP contribution < -0.4 is 15.4 Å². The van der Waals surface area contributed by atoms with Crippen molar-refractivity contribution < 1.29 is 14.3 Å². The molecule has 1 heterocycles. The summed E-state index contributed by atoms with van der Waals surface area (Å²) in [7, 11) is 0. The lowest BCUT2D eigenvalue weighted by Crippen LogP contribution is -2.32. The Morgan fingerprint density at radius 2 is 1.62 bits per heavy atom. The number of carbonyl (C=O) groups is 2. The number of rotatable bonds is 8. The molecule has 2 amide bonds. The van der Waals surface area contributed by atoms with Gasteiger partial charge in [0.2, 0.25) is 5.91 Å². The van der Waals surface area contributed by atoms with E-state index >= 15 is 0 Å². The van der Waals surface area contributed by atoms with Crippen molar-refractivity contribution in [3.63, 3.8) is 0 Å². The van der Waals surface area contributed by atoms with E-state index in [2.05, 4.69) is 15.7 Å². The van der Waals surface area contributed by atoms with E-state index < -0.39 is 0 Å². The van der Waals surface area contributed by atoms with Crippen molar-refractivity contribution in [1.29, 1.82) is 0 Å². The van der Waals surface area contributed by atoms with Crippen molar-refractivity contribution in [2.45, 2.75) is 6.61 Å². The van der Waals surface area contributed by atoms with Gasteiger partial charge in [-0.25, -0.2) is 4.68 Å². The molecule has 0 fully saturated rings. The third-order valence-corrected chi connectivity index (χ3v) is 4.69. The number of hydrogen-bond donors (Lipinski definition) is 2. The fraction of sp³-hybridized carbons (Fsp3) is 0.0800. The third-order valence-electron chi connectivity index (χ3n) is 4.69. The Morgan fingerprint density at radius 1 is 0.875 bits per heavy atom. The molecule has 3 aromatic carbocycles. The fourth-order valence-electron chi connectivity index (χ4n) is 3.02. The molecule has 1 aromatic heterocycles. The molecule has 0 spiro atoms. The van der Waals surface area contributed by atoms with Gasteiger partial charge in [-0.05, 0) is 60.2 Å². The molecule has 0 saturated carbocycles. The molecule has 0 aliphatic carbocycles. The molecule has 32 heavy (non-hydrogen) atoms. The molecule has 0 unspecified atom stereocenters. The summed E-state index contributed by atoms with van der Waals surface area (Å²) < 4.78 is 7.43. The molecule has 7 heteroatoms. The van der Waals surface area contributed by atoms with Gasteiger partial charge in [0, 0.05) is 23.6 Å². The highest BCUT2D eigenvalue weighted by Gasteiger charge is 2.09. The molecule has 0 radical (unpaired) electrons. The first-order valence-electron chi connectivity index (χ1n) is 10.1. The summed E-state index contributed by atoms with van der Waals surface area (Å²) in [6.45, 7) is 0.284. The minimum atomic E-state index is -0.315. The van der Waals surface area contributed by atoms with Crippen LogP contribution in [0.3, 0.4) is 0 Å². The Balaban J connectivity index is 1.23. The highest BCUT2D eigenvalue weighted by atomic mass is 16.5. The van der Waals surface area contributed by atoms with Crippen LogP contribution in [0, 0.1) is 0 Å². The Hall–Kier alpha value is -4.39. The van der Waals surface area contributed by atoms with Crippen LogP contribution in [0.5, 0.6) is 5.75 Å². The highest BCUT2D eigenvalue weighted by molar-refractivity contribution is 5.99. The van der Waals surface area contributed by atoms with Crippen LogP contribution >= 0.6 is 0 Å². The number of nitrogens with one attached hydrogen (secondary N) is 2. The molecule has 2 N–H and O–H groups in total. The number of carbonyl (C=O) groups excluding carboxylic acids is 2. The van der Waals surface area contributed by atoms with Crippen molar-refractivity contribution in [3.05, 3.63) is 108 Å². The summed E-state index contributed by atoms with van der Waals surface area (Å²) in [5.74, 6) is 0.166. The van der Waals surface area contributed by atoms with Gasteiger partial charge in [0.15, 0.2) is 0 Å². The molecule has 0 aliphatic rings. The smallest absolute Gasteiger partial charge is 0.251 e. The van der Waals surface area contributed by atoms with Crippen molar-refractivity contribution in [1.82, 2.24) is 15.1 Å². The molecule has 7 nitrogen and oxygen atoms in total. The standard InChI is InChI=1S/C25H22N4O3/c30-24(28-21-11-13-22(14-12-21)29-16-4-15-27-29)17-26-25(31)20-9-7-19(8-10-20)18-32-23-5-2-1-3-6-23/h1-16H,17-18H2,(H,26,31)(H,28,30). The molecule has 0 bridgehead atoms. The van der Waals surface area contributed by atoms with Crippen molar-refractivity contribution in [3.8, 4) is 11.4 Å². The van der Waals surface area contributed by atoms with Crippen LogP contribution in [0.1, 0.15) is 15.9 Å². The molecule has 0 atom stereocenters. The first-order valence-corrected chi connectivity index (χ1v) is 10.1. The van der Waals surface area contributed by atoms with E-state index in [0.29, 0.717) is 17.9 Å². The maximum atomic E-state index is 12.3. The van der Waals surface area contributed by atoms with Gasteiger partial charge in [0.25, 0.3) is 5.91 Å². The molecular formula is C25H22N4O3. The molecule has 4 aromatic rings. The van der Waals surface area contributed by atoms with Gasteiger partial charge in [0.05, 0.1) is 12.2 Å². The topological polar surface area (TPSA) is 85.3 Å². The van der Waals surface area contributed by atoms with E-state index in [0.717, 1.165) is 17.0 Å². The normalized spacial score (nSPS) is 10.4. The summed E-state index contributed by atoms with van der Waals surface area (Å²) in [4.78, 5) is 24.5. The van der Waals surface area contributed by atoms with Crippen molar-refractivity contribution >= 4 is 17.5 Å². The minimum absolute atomic E-state index is 0.126. The summed E-state index contributed by atoms with van der Waals surface area (Å²) >= 11 is 0. The average Bonchev–Trinajstić information content (AvgIpc) is 3.38. The third kappa shape index (κ3) is 5.60. The Bertz CT molecular complexity index is 1160. The zero-order valence-electron chi connectivity index (χ0n) is 17.3. The Labute approximate surface area is 185 Å². The molecule has 0 aliphatic heterocycles. The van der Waals surface area contributed by atoms with E-state index in [1.165, 1.54) is 0 Å². The van der Waals surface area contributed by atoms with E-state index in [9.17, 15) is 9.59 Å². The van der Waals surface area contributed by atoms with Crippen LogP contribution in [0.4, 0.5) is 5.69 Å². The molecular weight excluding hydrogens is 404 g/mol. The predicted molar refractivity (Wildman–Crippen MR) is 122 cm³/mol. The van der Waals surface area contributed by atoms with Crippen LogP contribution in [0.15, 0.2) is 97.3 Å². The van der Waals surface area contributed by atoms with Gasteiger partial charge in [0.1, 0.15) is 12.4 Å². The second-order valence-corrected chi connectivity index (χ2v) is 7.03. The van der Waals surface area contributed by atoms with Gasteiger partial charge in [-0.3, -0.25) is 9.59 Å². The average molecular weight is 426 g/mol. The van der Waals surface area contributed by atoms with Gasteiger partial charge < -0.3 is 15.4 Å². The van der Waals surface area contributed by atoms with E-state index in [4.69, 9.17) is 4.74 Å².